The summed E-state index contributed by atoms with van der Waals surface area (Å²) in [6, 6.07) is 13.4. The summed E-state index contributed by atoms with van der Waals surface area (Å²) in [6.45, 7) is 0. The zero-order chi connectivity index (χ0) is 21.0. The maximum atomic E-state index is 12.7. The fourth-order valence-corrected chi connectivity index (χ4v) is 3.90. The Kier molecular flexibility index (Phi) is 6.32. The summed E-state index contributed by atoms with van der Waals surface area (Å²) < 4.78 is 0. The average molecular weight is 394 g/mol. The van der Waals surface area contributed by atoms with Gasteiger partial charge in [-0.05, 0) is 60.9 Å². The molecule has 29 heavy (non-hydrogen) atoms. The van der Waals surface area contributed by atoms with Gasteiger partial charge in [-0.3, -0.25) is 9.59 Å². The molecule has 0 heterocycles. The molecule has 2 aromatic rings. The van der Waals surface area contributed by atoms with Gasteiger partial charge in [0.15, 0.2) is 0 Å². The fourth-order valence-electron chi connectivity index (χ4n) is 3.90. The van der Waals surface area contributed by atoms with Crippen LogP contribution in [0, 0.1) is 0 Å². The maximum Gasteiger partial charge on any atom is 0.326 e. The van der Waals surface area contributed by atoms with Gasteiger partial charge in [0.1, 0.15) is 6.04 Å². The van der Waals surface area contributed by atoms with Crippen molar-refractivity contribution in [2.75, 3.05) is 14.1 Å². The molecule has 2 N–H and O–H groups in total. The highest BCUT2D eigenvalue weighted by molar-refractivity contribution is 6.00. The van der Waals surface area contributed by atoms with E-state index in [9.17, 15) is 19.5 Å². The number of carbonyl (C=O) groups is 3. The molecule has 2 atom stereocenters. The van der Waals surface area contributed by atoms with Gasteiger partial charge >= 0.3 is 5.97 Å². The summed E-state index contributed by atoms with van der Waals surface area (Å²) in [4.78, 5) is 38.1. The zero-order valence-electron chi connectivity index (χ0n) is 16.7. The van der Waals surface area contributed by atoms with Gasteiger partial charge in [0, 0.05) is 25.2 Å². The number of carboxylic acid groups (broad SMARTS) is 1. The van der Waals surface area contributed by atoms with E-state index in [0.717, 1.165) is 19.3 Å². The van der Waals surface area contributed by atoms with E-state index in [4.69, 9.17) is 0 Å². The number of fused-ring (bicyclic) bond motifs is 1. The summed E-state index contributed by atoms with van der Waals surface area (Å²) in [5.74, 6) is -1.66. The van der Waals surface area contributed by atoms with Crippen LogP contribution < -0.4 is 5.32 Å². The van der Waals surface area contributed by atoms with E-state index >= 15 is 0 Å². The maximum absolute atomic E-state index is 12.7. The van der Waals surface area contributed by atoms with Gasteiger partial charge in [0.05, 0.1) is 0 Å². The van der Waals surface area contributed by atoms with Crippen LogP contribution in [0.1, 0.15) is 57.0 Å². The molecule has 0 spiro atoms. The highest BCUT2D eigenvalue weighted by Gasteiger charge is 2.28. The molecule has 152 valence electrons. The molecule has 1 aliphatic carbocycles. The van der Waals surface area contributed by atoms with Crippen molar-refractivity contribution in [3.8, 4) is 0 Å². The number of rotatable bonds is 6. The monoisotopic (exact) mass is 394 g/mol. The lowest BCUT2D eigenvalue weighted by Crippen LogP contribution is -2.42. The van der Waals surface area contributed by atoms with Gasteiger partial charge < -0.3 is 15.3 Å². The molecule has 0 radical (unpaired) electrons. The van der Waals surface area contributed by atoms with Gasteiger partial charge in [0.2, 0.25) is 0 Å². The quantitative estimate of drug-likeness (QED) is 0.788. The first-order valence-corrected chi connectivity index (χ1v) is 9.80. The summed E-state index contributed by atoms with van der Waals surface area (Å²) in [6.07, 6.45) is 3.26. The molecule has 6 nitrogen and oxygen atoms in total. The van der Waals surface area contributed by atoms with Crippen molar-refractivity contribution in [2.45, 2.75) is 37.6 Å². The minimum Gasteiger partial charge on any atom is -0.480 e. The third-order valence-corrected chi connectivity index (χ3v) is 5.40. The molecule has 2 aromatic carbocycles. The molecule has 0 bridgehead atoms. The predicted molar refractivity (Wildman–Crippen MR) is 110 cm³/mol. The number of aryl methyl sites for hydroxylation is 1. The Morgan fingerprint density at radius 1 is 1.10 bits per heavy atom. The van der Waals surface area contributed by atoms with Crippen LogP contribution in [0.5, 0.6) is 0 Å². The highest BCUT2D eigenvalue weighted by Crippen LogP contribution is 2.34. The molecule has 2 amide bonds. The van der Waals surface area contributed by atoms with E-state index in [1.165, 1.54) is 22.1 Å². The van der Waals surface area contributed by atoms with Gasteiger partial charge in [-0.25, -0.2) is 4.79 Å². The molecule has 0 saturated heterocycles. The van der Waals surface area contributed by atoms with Crippen LogP contribution in [0.25, 0.3) is 0 Å². The van der Waals surface area contributed by atoms with E-state index in [-0.39, 0.29) is 17.4 Å². The first-order chi connectivity index (χ1) is 13.9. The minimum absolute atomic E-state index is 0.100. The highest BCUT2D eigenvalue weighted by atomic mass is 16.4. The third-order valence-electron chi connectivity index (χ3n) is 5.40. The van der Waals surface area contributed by atoms with Crippen LogP contribution in [-0.2, 0) is 11.2 Å². The summed E-state index contributed by atoms with van der Waals surface area (Å²) in [5, 5.41) is 12.3. The Bertz CT molecular complexity index is 923. The predicted octanol–water partition coefficient (Wildman–Crippen LogP) is 3.08. The lowest BCUT2D eigenvalue weighted by atomic mass is 9.79. The molecular weight excluding hydrogens is 368 g/mol. The van der Waals surface area contributed by atoms with Gasteiger partial charge in [-0.15, -0.1) is 0 Å². The first-order valence-electron chi connectivity index (χ1n) is 9.80. The molecule has 0 fully saturated rings. The van der Waals surface area contributed by atoms with E-state index in [0.29, 0.717) is 12.0 Å². The van der Waals surface area contributed by atoms with Crippen LogP contribution in [0.15, 0.2) is 48.5 Å². The second-order valence-electron chi connectivity index (χ2n) is 7.67. The van der Waals surface area contributed by atoms with Crippen molar-refractivity contribution in [3.63, 3.8) is 0 Å². The Labute approximate surface area is 170 Å². The number of hydrogen-bond donors (Lipinski definition) is 2. The normalized spacial score (nSPS) is 16.4. The van der Waals surface area contributed by atoms with Crippen LogP contribution in [-0.4, -0.2) is 47.9 Å². The van der Waals surface area contributed by atoms with Crippen molar-refractivity contribution in [3.05, 3.63) is 70.8 Å². The Morgan fingerprint density at radius 2 is 1.83 bits per heavy atom. The SMILES string of the molecule is CN(C)C(=O)c1cccc(C(=O)NC(CC2CCCc3ccccc32)C(=O)O)c1. The lowest BCUT2D eigenvalue weighted by molar-refractivity contribution is -0.139. The van der Waals surface area contributed by atoms with Gasteiger partial charge in [-0.2, -0.15) is 0 Å². The molecule has 3 rings (SSSR count). The van der Waals surface area contributed by atoms with Crippen molar-refractivity contribution in [1.29, 1.82) is 0 Å². The number of benzene rings is 2. The van der Waals surface area contributed by atoms with Crippen LogP contribution in [0.4, 0.5) is 0 Å². The number of carbonyl (C=O) groups excluding carboxylic acids is 2. The lowest BCUT2D eigenvalue weighted by Gasteiger charge is -2.28. The van der Waals surface area contributed by atoms with Crippen molar-refractivity contribution in [1.82, 2.24) is 10.2 Å². The first kappa shape index (κ1) is 20.6. The van der Waals surface area contributed by atoms with E-state index in [1.54, 1.807) is 32.3 Å². The molecule has 1 aliphatic rings. The van der Waals surface area contributed by atoms with E-state index < -0.39 is 17.9 Å². The fraction of sp³-hybridized carbons (Fsp3) is 0.348. The molecular formula is C23H26N2O4. The van der Waals surface area contributed by atoms with Crippen molar-refractivity contribution in [2.24, 2.45) is 0 Å². The number of aliphatic carboxylic acids is 1. The Hall–Kier alpha value is -3.15. The summed E-state index contributed by atoms with van der Waals surface area (Å²) in [5.41, 5.74) is 3.09. The summed E-state index contributed by atoms with van der Waals surface area (Å²) >= 11 is 0. The topological polar surface area (TPSA) is 86.7 Å². The number of amides is 2. The second-order valence-corrected chi connectivity index (χ2v) is 7.67. The number of nitrogens with one attached hydrogen (secondary N) is 1. The van der Waals surface area contributed by atoms with Crippen molar-refractivity contribution < 1.29 is 19.5 Å². The van der Waals surface area contributed by atoms with Crippen LogP contribution >= 0.6 is 0 Å². The second kappa shape index (κ2) is 8.90. The van der Waals surface area contributed by atoms with E-state index in [1.807, 2.05) is 12.1 Å². The van der Waals surface area contributed by atoms with Crippen LogP contribution in [0.3, 0.4) is 0 Å². The standard InChI is InChI=1S/C23H26N2O4/c1-25(2)22(27)18-11-6-10-17(13-18)21(26)24-20(23(28)29)14-16-9-5-8-15-7-3-4-12-19(15)16/h3-4,6-7,10-13,16,20H,5,8-9,14H2,1-2H3,(H,24,26)(H,28,29). The Balaban J connectivity index is 1.75. The van der Waals surface area contributed by atoms with Gasteiger partial charge in [0.25, 0.3) is 11.8 Å². The smallest absolute Gasteiger partial charge is 0.326 e. The number of nitrogens with zero attached hydrogens (tertiary/aromatic N) is 1. The van der Waals surface area contributed by atoms with E-state index in [2.05, 4.69) is 17.4 Å². The molecule has 0 aromatic heterocycles. The Morgan fingerprint density at radius 3 is 2.55 bits per heavy atom. The largest absolute Gasteiger partial charge is 0.480 e. The molecule has 0 saturated carbocycles. The van der Waals surface area contributed by atoms with Crippen LogP contribution in [0.2, 0.25) is 0 Å². The third kappa shape index (κ3) is 4.83. The molecule has 6 heteroatoms. The summed E-state index contributed by atoms with van der Waals surface area (Å²) in [7, 11) is 3.27. The van der Waals surface area contributed by atoms with Gasteiger partial charge in [-0.1, -0.05) is 30.3 Å². The zero-order valence-corrected chi connectivity index (χ0v) is 16.7. The molecule has 0 aliphatic heterocycles. The minimum atomic E-state index is -1.05. The van der Waals surface area contributed by atoms with Crippen molar-refractivity contribution >= 4 is 17.8 Å². The number of carboxylic acids is 1. The average Bonchev–Trinajstić information content (AvgIpc) is 2.72. The number of hydrogen-bond acceptors (Lipinski definition) is 3. The molecule has 2 unspecified atom stereocenters.